The van der Waals surface area contributed by atoms with E-state index in [1.54, 1.807) is 6.33 Å². The first-order valence-corrected chi connectivity index (χ1v) is 12.1. The molecule has 2 amide bonds. The zero-order valence-electron chi connectivity index (χ0n) is 19.6. The van der Waals surface area contributed by atoms with Crippen LogP contribution in [0.2, 0.25) is 0 Å². The highest BCUT2D eigenvalue weighted by Crippen LogP contribution is 2.42. The lowest BCUT2D eigenvalue weighted by Crippen LogP contribution is -2.56. The molecule has 34 heavy (non-hydrogen) atoms. The van der Waals surface area contributed by atoms with Gasteiger partial charge < -0.3 is 20.1 Å². The van der Waals surface area contributed by atoms with Gasteiger partial charge in [-0.05, 0) is 38.7 Å². The van der Waals surface area contributed by atoms with Crippen molar-refractivity contribution >= 4 is 17.1 Å². The molecule has 2 aliphatic rings. The molecule has 3 aromatic rings. The Kier molecular flexibility index (Phi) is 6.20. The highest BCUT2D eigenvalue weighted by Gasteiger charge is 2.46. The van der Waals surface area contributed by atoms with Crippen LogP contribution in [-0.2, 0) is 5.54 Å². The number of likely N-dealkylation sites (N-methyl/N-ethyl adjacent to an activating group) is 1. The number of rotatable bonds is 8. The Morgan fingerprint density at radius 2 is 2.18 bits per heavy atom. The molecule has 1 aliphatic heterocycles. The van der Waals surface area contributed by atoms with Crippen molar-refractivity contribution in [3.8, 4) is 17.3 Å². The molecule has 178 valence electrons. The van der Waals surface area contributed by atoms with Crippen molar-refractivity contribution < 1.29 is 4.79 Å². The Morgan fingerprint density at radius 1 is 1.35 bits per heavy atom. The number of hydrogen-bond donors (Lipinski definition) is 2. The summed E-state index contributed by atoms with van der Waals surface area (Å²) >= 11 is 0. The second kappa shape index (κ2) is 9.43. The van der Waals surface area contributed by atoms with Gasteiger partial charge in [-0.1, -0.05) is 0 Å². The lowest BCUT2D eigenvalue weighted by atomic mass is 9.70. The topological polar surface area (TPSA) is 119 Å². The van der Waals surface area contributed by atoms with Gasteiger partial charge >= 0.3 is 6.03 Å². The first kappa shape index (κ1) is 22.3. The van der Waals surface area contributed by atoms with E-state index >= 15 is 0 Å². The SMILES string of the molecule is CCN(CCNC1CC(CC#N)(n2cc(-c3ncnc4[nH]ccc34)cn2)C1)C(=O)N1CCCC1. The monoisotopic (exact) mass is 461 g/mol. The van der Waals surface area contributed by atoms with E-state index in [0.29, 0.717) is 25.6 Å². The average molecular weight is 462 g/mol. The van der Waals surface area contributed by atoms with Crippen LogP contribution in [0.25, 0.3) is 22.3 Å². The number of H-pyrrole nitrogens is 1. The molecule has 2 N–H and O–H groups in total. The van der Waals surface area contributed by atoms with Crippen LogP contribution in [0.4, 0.5) is 4.79 Å². The molecule has 0 spiro atoms. The third kappa shape index (κ3) is 4.12. The number of amides is 2. The number of hydrogen-bond acceptors (Lipinski definition) is 6. The van der Waals surface area contributed by atoms with Gasteiger partial charge in [0, 0.05) is 62.1 Å². The zero-order chi connectivity index (χ0) is 23.5. The summed E-state index contributed by atoms with van der Waals surface area (Å²) in [5.41, 5.74) is 2.23. The van der Waals surface area contributed by atoms with Gasteiger partial charge in [0.05, 0.1) is 29.9 Å². The largest absolute Gasteiger partial charge is 0.346 e. The minimum Gasteiger partial charge on any atom is -0.346 e. The maximum atomic E-state index is 12.7. The molecule has 4 heterocycles. The minimum absolute atomic E-state index is 0.152. The lowest BCUT2D eigenvalue weighted by molar-refractivity contribution is 0.0809. The number of carbonyl (C=O) groups excluding carboxylic acids is 1. The van der Waals surface area contributed by atoms with E-state index in [2.05, 4.69) is 31.4 Å². The third-order valence-electron chi connectivity index (χ3n) is 7.20. The maximum Gasteiger partial charge on any atom is 0.320 e. The van der Waals surface area contributed by atoms with Crippen LogP contribution in [0.5, 0.6) is 0 Å². The fraction of sp³-hybridized carbons (Fsp3) is 0.542. The summed E-state index contributed by atoms with van der Waals surface area (Å²) in [7, 11) is 0. The molecule has 0 radical (unpaired) electrons. The van der Waals surface area contributed by atoms with E-state index in [1.807, 2.05) is 46.1 Å². The fourth-order valence-corrected chi connectivity index (χ4v) is 5.27. The zero-order valence-corrected chi connectivity index (χ0v) is 19.6. The number of aromatic amines is 1. The molecule has 10 heteroatoms. The van der Waals surface area contributed by atoms with Crippen molar-refractivity contribution in [3.05, 3.63) is 31.0 Å². The third-order valence-corrected chi connectivity index (χ3v) is 7.20. The van der Waals surface area contributed by atoms with Gasteiger partial charge in [-0.2, -0.15) is 10.4 Å². The molecule has 5 rings (SSSR count). The van der Waals surface area contributed by atoms with Crippen molar-refractivity contribution in [1.29, 1.82) is 5.26 Å². The fourth-order valence-electron chi connectivity index (χ4n) is 5.27. The van der Waals surface area contributed by atoms with Crippen LogP contribution in [0, 0.1) is 11.3 Å². The van der Waals surface area contributed by atoms with Crippen LogP contribution in [0.3, 0.4) is 0 Å². The average Bonchev–Trinajstić information content (AvgIpc) is 3.60. The van der Waals surface area contributed by atoms with Gasteiger partial charge in [0.15, 0.2) is 0 Å². The predicted octanol–water partition coefficient (Wildman–Crippen LogP) is 2.72. The molecule has 10 nitrogen and oxygen atoms in total. The number of fused-ring (bicyclic) bond motifs is 1. The summed E-state index contributed by atoms with van der Waals surface area (Å²) in [5, 5.41) is 18.7. The van der Waals surface area contributed by atoms with E-state index in [-0.39, 0.29) is 11.6 Å². The summed E-state index contributed by atoms with van der Waals surface area (Å²) in [6.45, 7) is 5.94. The number of urea groups is 1. The number of carbonyl (C=O) groups is 1. The van der Waals surface area contributed by atoms with E-state index in [0.717, 1.165) is 67.6 Å². The Bertz CT molecular complexity index is 1180. The normalized spacial score (nSPS) is 22.0. The quantitative estimate of drug-likeness (QED) is 0.532. The van der Waals surface area contributed by atoms with E-state index in [4.69, 9.17) is 0 Å². The standard InChI is InChI=1S/C24H31N9O/c1-2-31(23(34)32-10-3-4-11-32)12-9-26-19-13-24(14-19,6-7-25)33-16-18(15-30-33)21-20-5-8-27-22(20)29-17-28-21/h5,8,15-17,19,26H,2-4,6,9-14H2,1H3,(H,27,28,29). The number of aromatic nitrogens is 5. The number of likely N-dealkylation sites (tertiary alicyclic amines) is 1. The first-order chi connectivity index (χ1) is 16.6. The van der Waals surface area contributed by atoms with Crippen LogP contribution >= 0.6 is 0 Å². The summed E-state index contributed by atoms with van der Waals surface area (Å²) in [5.74, 6) is 0. The molecular formula is C24H31N9O. The van der Waals surface area contributed by atoms with Gasteiger partial charge in [-0.25, -0.2) is 14.8 Å². The molecule has 0 atom stereocenters. The Hall–Kier alpha value is -3.45. The Morgan fingerprint density at radius 3 is 2.94 bits per heavy atom. The Labute approximate surface area is 199 Å². The van der Waals surface area contributed by atoms with Gasteiger partial charge in [0.25, 0.3) is 0 Å². The van der Waals surface area contributed by atoms with Crippen LogP contribution in [0.15, 0.2) is 31.0 Å². The van der Waals surface area contributed by atoms with Gasteiger partial charge in [0.2, 0.25) is 0 Å². The summed E-state index contributed by atoms with van der Waals surface area (Å²) < 4.78 is 1.94. The molecular weight excluding hydrogens is 430 g/mol. The maximum absolute atomic E-state index is 12.7. The van der Waals surface area contributed by atoms with Crippen molar-refractivity contribution in [2.24, 2.45) is 0 Å². The smallest absolute Gasteiger partial charge is 0.320 e. The van der Waals surface area contributed by atoms with Gasteiger partial charge in [0.1, 0.15) is 12.0 Å². The molecule has 1 saturated heterocycles. The minimum atomic E-state index is -0.315. The molecule has 1 aliphatic carbocycles. The van der Waals surface area contributed by atoms with E-state index in [9.17, 15) is 10.1 Å². The molecule has 0 aromatic carbocycles. The van der Waals surface area contributed by atoms with Crippen LogP contribution < -0.4 is 5.32 Å². The number of nitrogens with zero attached hydrogens (tertiary/aromatic N) is 7. The second-order valence-electron chi connectivity index (χ2n) is 9.31. The predicted molar refractivity (Wildman–Crippen MR) is 128 cm³/mol. The number of nitriles is 1. The molecule has 0 unspecified atom stereocenters. The lowest BCUT2D eigenvalue weighted by Gasteiger charge is -2.47. The number of nitrogens with one attached hydrogen (secondary N) is 2. The van der Waals surface area contributed by atoms with Crippen molar-refractivity contribution in [1.82, 2.24) is 39.8 Å². The summed E-state index contributed by atoms with van der Waals surface area (Å²) in [6.07, 6.45) is 11.5. The molecule has 2 fully saturated rings. The van der Waals surface area contributed by atoms with Gasteiger partial charge in [-0.15, -0.1) is 0 Å². The van der Waals surface area contributed by atoms with E-state index < -0.39 is 0 Å². The summed E-state index contributed by atoms with van der Waals surface area (Å²) in [4.78, 5) is 28.4. The molecule has 1 saturated carbocycles. The van der Waals surface area contributed by atoms with Crippen molar-refractivity contribution in [3.63, 3.8) is 0 Å². The summed E-state index contributed by atoms with van der Waals surface area (Å²) in [6, 6.07) is 4.77. The van der Waals surface area contributed by atoms with E-state index in [1.165, 1.54) is 0 Å². The van der Waals surface area contributed by atoms with Gasteiger partial charge in [-0.3, -0.25) is 4.68 Å². The van der Waals surface area contributed by atoms with Crippen LogP contribution in [-0.4, -0.2) is 79.3 Å². The highest BCUT2D eigenvalue weighted by atomic mass is 16.2. The molecule has 0 bridgehead atoms. The molecule has 3 aromatic heterocycles. The highest BCUT2D eigenvalue weighted by molar-refractivity contribution is 5.90. The van der Waals surface area contributed by atoms with Crippen molar-refractivity contribution in [2.75, 3.05) is 32.7 Å². The van der Waals surface area contributed by atoms with Crippen LogP contribution in [0.1, 0.15) is 39.0 Å². The Balaban J connectivity index is 1.20. The second-order valence-corrected chi connectivity index (χ2v) is 9.31. The first-order valence-electron chi connectivity index (χ1n) is 12.1. The van der Waals surface area contributed by atoms with Crippen molar-refractivity contribution in [2.45, 2.75) is 50.6 Å².